The van der Waals surface area contributed by atoms with Gasteiger partial charge in [0.2, 0.25) is 5.16 Å². The highest BCUT2D eigenvalue weighted by molar-refractivity contribution is 7.98. The summed E-state index contributed by atoms with van der Waals surface area (Å²) < 4.78 is 1.96. The van der Waals surface area contributed by atoms with Crippen LogP contribution < -0.4 is 5.73 Å². The molecule has 2 N–H and O–H groups in total. The molecule has 0 saturated heterocycles. The molecule has 1 aliphatic carbocycles. The molecule has 20 heavy (non-hydrogen) atoms. The molecule has 1 aromatic heterocycles. The molecule has 2 aromatic rings. The largest absolute Gasteiger partial charge is 0.399 e. The normalized spacial score (nSPS) is 15.8. The molecule has 1 aliphatic rings. The van der Waals surface area contributed by atoms with Crippen molar-refractivity contribution in [1.82, 2.24) is 20.2 Å². The Hall–Kier alpha value is -1.27. The van der Waals surface area contributed by atoms with Crippen molar-refractivity contribution in [1.29, 1.82) is 0 Å². The van der Waals surface area contributed by atoms with E-state index in [1.807, 2.05) is 16.8 Å². The van der Waals surface area contributed by atoms with Crippen molar-refractivity contribution >= 4 is 29.1 Å². The standard InChI is InChI=1S/C13H16ClN5S/c14-12-6-5-10(15)7-9(12)8-20-13-16-17-18-19(13)11-3-1-2-4-11/h5-7,11H,1-4,8,15H2. The third kappa shape index (κ3) is 2.91. The number of rotatable bonds is 4. The summed E-state index contributed by atoms with van der Waals surface area (Å²) in [6.07, 6.45) is 4.85. The number of aromatic nitrogens is 4. The smallest absolute Gasteiger partial charge is 0.209 e. The summed E-state index contributed by atoms with van der Waals surface area (Å²) >= 11 is 7.78. The van der Waals surface area contributed by atoms with Gasteiger partial charge in [-0.25, -0.2) is 4.68 Å². The zero-order valence-electron chi connectivity index (χ0n) is 11.0. The van der Waals surface area contributed by atoms with Crippen LogP contribution in [-0.4, -0.2) is 20.2 Å². The van der Waals surface area contributed by atoms with Gasteiger partial charge in [0.15, 0.2) is 0 Å². The summed E-state index contributed by atoms with van der Waals surface area (Å²) in [4.78, 5) is 0. The topological polar surface area (TPSA) is 69.6 Å². The average molecular weight is 310 g/mol. The number of hydrogen-bond donors (Lipinski definition) is 1. The second-order valence-corrected chi connectivity index (χ2v) is 6.33. The highest BCUT2D eigenvalue weighted by atomic mass is 35.5. The van der Waals surface area contributed by atoms with Gasteiger partial charge in [-0.3, -0.25) is 0 Å². The Labute approximate surface area is 126 Å². The van der Waals surface area contributed by atoms with Gasteiger partial charge < -0.3 is 5.73 Å². The minimum absolute atomic E-state index is 0.448. The van der Waals surface area contributed by atoms with E-state index in [1.54, 1.807) is 17.8 Å². The molecule has 1 heterocycles. The predicted molar refractivity (Wildman–Crippen MR) is 80.7 cm³/mol. The summed E-state index contributed by atoms with van der Waals surface area (Å²) in [7, 11) is 0. The molecule has 0 bridgehead atoms. The van der Waals surface area contributed by atoms with Gasteiger partial charge in [-0.05, 0) is 47.0 Å². The van der Waals surface area contributed by atoms with Gasteiger partial charge in [-0.15, -0.1) is 5.10 Å². The van der Waals surface area contributed by atoms with Gasteiger partial charge in [-0.1, -0.05) is 36.2 Å². The van der Waals surface area contributed by atoms with Crippen LogP contribution in [0.15, 0.2) is 23.4 Å². The molecule has 0 spiro atoms. The van der Waals surface area contributed by atoms with Gasteiger partial charge in [0.25, 0.3) is 0 Å². The van der Waals surface area contributed by atoms with E-state index in [2.05, 4.69) is 15.5 Å². The van der Waals surface area contributed by atoms with Gasteiger partial charge in [-0.2, -0.15) is 0 Å². The van der Waals surface area contributed by atoms with Crippen molar-refractivity contribution in [2.45, 2.75) is 42.6 Å². The molecule has 7 heteroatoms. The first-order chi connectivity index (χ1) is 9.74. The van der Waals surface area contributed by atoms with Gasteiger partial charge in [0, 0.05) is 16.5 Å². The van der Waals surface area contributed by atoms with Crippen molar-refractivity contribution in [3.63, 3.8) is 0 Å². The van der Waals surface area contributed by atoms with Crippen LogP contribution >= 0.6 is 23.4 Å². The van der Waals surface area contributed by atoms with Gasteiger partial charge in [0.05, 0.1) is 6.04 Å². The Balaban J connectivity index is 1.72. The molecule has 0 unspecified atom stereocenters. The van der Waals surface area contributed by atoms with Crippen LogP contribution in [0.1, 0.15) is 37.3 Å². The van der Waals surface area contributed by atoms with Gasteiger partial charge in [0.1, 0.15) is 0 Å². The first kappa shape index (κ1) is 13.7. The third-order valence-corrected chi connectivity index (χ3v) is 4.91. The van der Waals surface area contributed by atoms with E-state index in [0.29, 0.717) is 6.04 Å². The minimum Gasteiger partial charge on any atom is -0.399 e. The Morgan fingerprint density at radius 2 is 2.15 bits per heavy atom. The number of thioether (sulfide) groups is 1. The van der Waals surface area contributed by atoms with Crippen molar-refractivity contribution < 1.29 is 0 Å². The molecule has 1 aromatic carbocycles. The van der Waals surface area contributed by atoms with E-state index in [1.165, 1.54) is 12.8 Å². The maximum Gasteiger partial charge on any atom is 0.209 e. The number of hydrogen-bond acceptors (Lipinski definition) is 5. The second-order valence-electron chi connectivity index (χ2n) is 4.98. The first-order valence-electron chi connectivity index (χ1n) is 6.68. The number of nitrogen functional groups attached to an aromatic ring is 1. The highest BCUT2D eigenvalue weighted by Crippen LogP contribution is 2.33. The molecular formula is C13H16ClN5S. The fourth-order valence-corrected chi connectivity index (χ4v) is 3.71. The van der Waals surface area contributed by atoms with E-state index < -0.39 is 0 Å². The van der Waals surface area contributed by atoms with Crippen LogP contribution in [0.2, 0.25) is 5.02 Å². The summed E-state index contributed by atoms with van der Waals surface area (Å²) in [5, 5.41) is 13.6. The van der Waals surface area contributed by atoms with Gasteiger partial charge >= 0.3 is 0 Å². The number of nitrogens with zero attached hydrogens (tertiary/aromatic N) is 4. The van der Waals surface area contributed by atoms with Crippen LogP contribution in [0, 0.1) is 0 Å². The number of benzene rings is 1. The lowest BCUT2D eigenvalue weighted by Gasteiger charge is -2.11. The fourth-order valence-electron chi connectivity index (χ4n) is 2.51. The molecular weight excluding hydrogens is 294 g/mol. The first-order valence-corrected chi connectivity index (χ1v) is 8.05. The monoisotopic (exact) mass is 309 g/mol. The Bertz CT molecular complexity index is 594. The predicted octanol–water partition coefficient (Wildman–Crippen LogP) is 3.32. The van der Waals surface area contributed by atoms with E-state index in [-0.39, 0.29) is 0 Å². The third-order valence-electron chi connectivity index (χ3n) is 3.56. The lowest BCUT2D eigenvalue weighted by molar-refractivity contribution is 0.423. The molecule has 1 fully saturated rings. The zero-order valence-corrected chi connectivity index (χ0v) is 12.6. The van der Waals surface area contributed by atoms with Crippen LogP contribution in [0.3, 0.4) is 0 Å². The SMILES string of the molecule is Nc1ccc(Cl)c(CSc2nnnn2C2CCCC2)c1. The average Bonchev–Trinajstić information content (AvgIpc) is 3.09. The maximum atomic E-state index is 6.18. The maximum absolute atomic E-state index is 6.18. The summed E-state index contributed by atoms with van der Waals surface area (Å²) in [6, 6.07) is 5.98. The van der Waals surface area contributed by atoms with Crippen molar-refractivity contribution in [2.24, 2.45) is 0 Å². The molecule has 0 radical (unpaired) electrons. The number of nitrogens with two attached hydrogens (primary N) is 1. The molecule has 0 aliphatic heterocycles. The zero-order chi connectivity index (χ0) is 13.9. The number of halogens is 1. The summed E-state index contributed by atoms with van der Waals surface area (Å²) in [5.74, 6) is 0.719. The van der Waals surface area contributed by atoms with Crippen molar-refractivity contribution in [3.8, 4) is 0 Å². The summed E-state index contributed by atoms with van der Waals surface area (Å²) in [5.41, 5.74) is 7.53. The molecule has 0 amide bonds. The quantitative estimate of drug-likeness (QED) is 0.693. The fraction of sp³-hybridized carbons (Fsp3) is 0.462. The second kappa shape index (κ2) is 6.01. The van der Waals surface area contributed by atoms with E-state index in [4.69, 9.17) is 17.3 Å². The van der Waals surface area contributed by atoms with Crippen LogP contribution in [-0.2, 0) is 5.75 Å². The van der Waals surface area contributed by atoms with Crippen LogP contribution in [0.5, 0.6) is 0 Å². The Morgan fingerprint density at radius 3 is 2.95 bits per heavy atom. The molecule has 5 nitrogen and oxygen atoms in total. The van der Waals surface area contributed by atoms with Crippen molar-refractivity contribution in [3.05, 3.63) is 28.8 Å². The van der Waals surface area contributed by atoms with Crippen LogP contribution in [0.25, 0.3) is 0 Å². The molecule has 106 valence electrons. The van der Waals surface area contributed by atoms with Crippen LogP contribution in [0.4, 0.5) is 5.69 Å². The van der Waals surface area contributed by atoms with Crippen molar-refractivity contribution in [2.75, 3.05) is 5.73 Å². The highest BCUT2D eigenvalue weighted by Gasteiger charge is 2.21. The molecule has 0 atom stereocenters. The number of anilines is 1. The van der Waals surface area contributed by atoms with E-state index in [0.717, 1.165) is 40.0 Å². The Morgan fingerprint density at radius 1 is 1.35 bits per heavy atom. The van der Waals surface area contributed by atoms with E-state index >= 15 is 0 Å². The summed E-state index contributed by atoms with van der Waals surface area (Å²) in [6.45, 7) is 0. The number of tetrazole rings is 1. The Kier molecular flexibility index (Phi) is 4.12. The molecule has 3 rings (SSSR count). The molecule has 1 saturated carbocycles. The lowest BCUT2D eigenvalue weighted by atomic mass is 10.2. The lowest BCUT2D eigenvalue weighted by Crippen LogP contribution is -2.08. The van der Waals surface area contributed by atoms with E-state index in [9.17, 15) is 0 Å². The minimum atomic E-state index is 0.448.